The summed E-state index contributed by atoms with van der Waals surface area (Å²) in [6, 6.07) is -0.646. The molecule has 3 N–H and O–H groups in total. The molecular formula is C78H151NO3. The minimum atomic E-state index is -0.871. The van der Waals surface area contributed by atoms with Crippen molar-refractivity contribution in [2.75, 3.05) is 6.61 Å². The molecular weight excluding hydrogens is 999 g/mol. The Balaban J connectivity index is 3.42. The first-order chi connectivity index (χ1) is 40.7. The number of aliphatic hydroxyl groups excluding tert-OH is 2. The Labute approximate surface area is 516 Å². The van der Waals surface area contributed by atoms with Crippen molar-refractivity contribution in [3.05, 3.63) is 36.5 Å². The highest BCUT2D eigenvalue weighted by Gasteiger charge is 2.18. The Bertz CT molecular complexity index is 1260. The molecule has 0 saturated heterocycles. The molecule has 4 heteroatoms. The molecule has 82 heavy (non-hydrogen) atoms. The van der Waals surface area contributed by atoms with Gasteiger partial charge in [0.15, 0.2) is 0 Å². The van der Waals surface area contributed by atoms with E-state index >= 15 is 0 Å². The average Bonchev–Trinajstić information content (AvgIpc) is 3.50. The van der Waals surface area contributed by atoms with Gasteiger partial charge in [0, 0.05) is 6.42 Å². The van der Waals surface area contributed by atoms with Crippen LogP contribution >= 0.6 is 0 Å². The zero-order valence-electron chi connectivity index (χ0n) is 56.3. The Morgan fingerprint density at radius 2 is 0.476 bits per heavy atom. The third-order valence-corrected chi connectivity index (χ3v) is 18.1. The van der Waals surface area contributed by atoms with Gasteiger partial charge in [-0.25, -0.2) is 0 Å². The number of carbonyl (C=O) groups excluding carboxylic acids is 1. The predicted octanol–water partition coefficient (Wildman–Crippen LogP) is 26.3. The van der Waals surface area contributed by atoms with E-state index in [9.17, 15) is 15.0 Å². The van der Waals surface area contributed by atoms with Gasteiger partial charge in [-0.05, 0) is 44.9 Å². The van der Waals surface area contributed by atoms with Crippen molar-refractivity contribution in [1.29, 1.82) is 0 Å². The first kappa shape index (κ1) is 80.6. The van der Waals surface area contributed by atoms with Gasteiger partial charge >= 0.3 is 0 Å². The van der Waals surface area contributed by atoms with E-state index in [0.29, 0.717) is 6.42 Å². The topological polar surface area (TPSA) is 69.6 Å². The molecule has 0 aromatic rings. The second kappa shape index (κ2) is 73.9. The SMILES string of the molecule is CCCCCCCCCCCCCCCCCCCCCC/C=C/CC/C=C/CC/C=C/C(O)C(CO)NC(=O)CCCCCCCCCCCCCCCCCCCCCCCCCCCCCCCCCCCCCCCCCC. The normalized spacial score (nSPS) is 12.8. The van der Waals surface area contributed by atoms with Crippen molar-refractivity contribution < 1.29 is 15.0 Å². The van der Waals surface area contributed by atoms with E-state index in [1.54, 1.807) is 6.08 Å². The highest BCUT2D eigenvalue weighted by Crippen LogP contribution is 2.20. The molecule has 0 aromatic heterocycles. The van der Waals surface area contributed by atoms with E-state index in [0.717, 1.165) is 38.5 Å². The molecule has 0 bridgehead atoms. The van der Waals surface area contributed by atoms with Crippen LogP contribution in [0, 0.1) is 0 Å². The molecule has 2 atom stereocenters. The van der Waals surface area contributed by atoms with Crippen molar-refractivity contribution in [1.82, 2.24) is 5.32 Å². The standard InChI is InChI=1S/C78H151NO3/c1-3-5-7-9-11-13-15-17-19-21-23-25-27-29-31-33-35-36-37-38-39-40-41-42-43-44-46-48-50-52-54-56-58-60-62-64-66-68-70-72-74-78(82)79-76(75-80)77(81)73-71-69-67-65-63-61-59-57-55-53-51-49-47-45-34-32-30-28-26-24-22-20-18-16-14-12-10-8-6-4-2/h55,57,63,65,71,73,76-77,80-81H,3-54,56,58-62,64,66-70,72,74-75H2,1-2H3,(H,79,82)/b57-55+,65-63+,73-71+. The number of hydrogen-bond donors (Lipinski definition) is 3. The molecule has 0 aromatic carbocycles. The van der Waals surface area contributed by atoms with Crippen LogP contribution in [0.4, 0.5) is 0 Å². The van der Waals surface area contributed by atoms with Crippen molar-refractivity contribution in [3.63, 3.8) is 0 Å². The molecule has 0 spiro atoms. The summed E-state index contributed by atoms with van der Waals surface area (Å²) in [5.41, 5.74) is 0. The molecule has 0 fully saturated rings. The fraction of sp³-hybridized carbons (Fsp3) is 0.910. The Hall–Kier alpha value is -1.39. The molecule has 0 aliphatic carbocycles. The van der Waals surface area contributed by atoms with Crippen LogP contribution in [0.1, 0.15) is 438 Å². The van der Waals surface area contributed by atoms with Gasteiger partial charge in [-0.1, -0.05) is 423 Å². The molecule has 0 saturated carbocycles. The van der Waals surface area contributed by atoms with Gasteiger partial charge in [-0.15, -0.1) is 0 Å². The number of hydrogen-bond acceptors (Lipinski definition) is 3. The number of carbonyl (C=O) groups is 1. The second-order valence-corrected chi connectivity index (χ2v) is 26.4. The highest BCUT2D eigenvalue weighted by molar-refractivity contribution is 5.76. The van der Waals surface area contributed by atoms with Gasteiger partial charge < -0.3 is 15.5 Å². The van der Waals surface area contributed by atoms with Crippen molar-refractivity contribution >= 4 is 5.91 Å². The summed E-state index contributed by atoms with van der Waals surface area (Å²) in [6.07, 6.45) is 103. The number of unbranched alkanes of at least 4 members (excludes halogenated alkanes) is 61. The quantitative estimate of drug-likeness (QED) is 0.0420. The maximum Gasteiger partial charge on any atom is 0.220 e. The summed E-state index contributed by atoms with van der Waals surface area (Å²) in [5.74, 6) is -0.0686. The van der Waals surface area contributed by atoms with Crippen molar-refractivity contribution in [2.45, 2.75) is 450 Å². The Morgan fingerprint density at radius 1 is 0.280 bits per heavy atom. The highest BCUT2D eigenvalue weighted by atomic mass is 16.3. The summed E-state index contributed by atoms with van der Waals surface area (Å²) in [5, 5.41) is 23.3. The van der Waals surface area contributed by atoms with Crippen LogP contribution in [0.3, 0.4) is 0 Å². The van der Waals surface area contributed by atoms with Crippen LogP contribution < -0.4 is 5.32 Å². The number of nitrogens with one attached hydrogen (secondary N) is 1. The number of allylic oxidation sites excluding steroid dienone is 5. The largest absolute Gasteiger partial charge is 0.394 e. The van der Waals surface area contributed by atoms with E-state index in [4.69, 9.17) is 0 Å². The van der Waals surface area contributed by atoms with E-state index in [1.807, 2.05) is 6.08 Å². The first-order valence-corrected chi connectivity index (χ1v) is 38.2. The van der Waals surface area contributed by atoms with Crippen LogP contribution in [-0.2, 0) is 4.79 Å². The van der Waals surface area contributed by atoms with Crippen LogP contribution in [0.2, 0.25) is 0 Å². The lowest BCUT2D eigenvalue weighted by molar-refractivity contribution is -0.123. The molecule has 0 radical (unpaired) electrons. The summed E-state index contributed by atoms with van der Waals surface area (Å²) in [6.45, 7) is 4.35. The van der Waals surface area contributed by atoms with Crippen molar-refractivity contribution in [2.24, 2.45) is 0 Å². The minimum absolute atomic E-state index is 0.0686. The minimum Gasteiger partial charge on any atom is -0.394 e. The monoisotopic (exact) mass is 1150 g/mol. The van der Waals surface area contributed by atoms with Crippen LogP contribution in [-0.4, -0.2) is 34.9 Å². The summed E-state index contributed by atoms with van der Waals surface area (Å²) in [7, 11) is 0. The summed E-state index contributed by atoms with van der Waals surface area (Å²) in [4.78, 5) is 12.6. The van der Waals surface area contributed by atoms with Gasteiger partial charge in [0.2, 0.25) is 5.91 Å². The lowest BCUT2D eigenvalue weighted by Crippen LogP contribution is -2.45. The third-order valence-electron chi connectivity index (χ3n) is 18.1. The maximum atomic E-state index is 12.6. The predicted molar refractivity (Wildman–Crippen MR) is 369 cm³/mol. The molecule has 0 rings (SSSR count). The Morgan fingerprint density at radius 3 is 0.707 bits per heavy atom. The second-order valence-electron chi connectivity index (χ2n) is 26.4. The molecule has 486 valence electrons. The van der Waals surface area contributed by atoms with Crippen LogP contribution in [0.5, 0.6) is 0 Å². The number of aliphatic hydroxyl groups is 2. The molecule has 4 nitrogen and oxygen atoms in total. The fourth-order valence-corrected chi connectivity index (χ4v) is 12.3. The molecule has 0 aliphatic rings. The molecule has 1 amide bonds. The number of rotatable bonds is 72. The van der Waals surface area contributed by atoms with E-state index in [2.05, 4.69) is 43.5 Å². The molecule has 2 unspecified atom stereocenters. The smallest absolute Gasteiger partial charge is 0.220 e. The lowest BCUT2D eigenvalue weighted by atomic mass is 10.0. The maximum absolute atomic E-state index is 12.6. The zero-order valence-corrected chi connectivity index (χ0v) is 56.3. The summed E-state index contributed by atoms with van der Waals surface area (Å²) >= 11 is 0. The number of amides is 1. The van der Waals surface area contributed by atoms with Crippen molar-refractivity contribution in [3.8, 4) is 0 Å². The zero-order chi connectivity index (χ0) is 59.1. The lowest BCUT2D eigenvalue weighted by Gasteiger charge is -2.19. The van der Waals surface area contributed by atoms with Gasteiger partial charge in [0.05, 0.1) is 18.8 Å². The molecule has 0 aliphatic heterocycles. The van der Waals surface area contributed by atoms with Gasteiger partial charge in [-0.3, -0.25) is 4.79 Å². The Kier molecular flexibility index (Phi) is 72.6. The summed E-state index contributed by atoms with van der Waals surface area (Å²) < 4.78 is 0. The van der Waals surface area contributed by atoms with Crippen LogP contribution in [0.25, 0.3) is 0 Å². The molecule has 0 heterocycles. The first-order valence-electron chi connectivity index (χ1n) is 38.2. The van der Waals surface area contributed by atoms with Gasteiger partial charge in [-0.2, -0.15) is 0 Å². The van der Waals surface area contributed by atoms with Crippen LogP contribution in [0.15, 0.2) is 36.5 Å². The van der Waals surface area contributed by atoms with Gasteiger partial charge in [0.1, 0.15) is 0 Å². The third kappa shape index (κ3) is 69.4. The van der Waals surface area contributed by atoms with E-state index in [1.165, 1.54) is 379 Å². The average molecular weight is 1150 g/mol. The van der Waals surface area contributed by atoms with E-state index < -0.39 is 12.1 Å². The fourth-order valence-electron chi connectivity index (χ4n) is 12.3. The van der Waals surface area contributed by atoms with E-state index in [-0.39, 0.29) is 12.5 Å². The van der Waals surface area contributed by atoms with Gasteiger partial charge in [0.25, 0.3) is 0 Å².